The maximum atomic E-state index is 13.3. The second-order valence-corrected chi connectivity index (χ2v) is 8.95. The van der Waals surface area contributed by atoms with E-state index in [1.54, 1.807) is 24.3 Å². The molecule has 3 aromatic rings. The van der Waals surface area contributed by atoms with Crippen molar-refractivity contribution in [2.45, 2.75) is 17.5 Å². The van der Waals surface area contributed by atoms with Crippen molar-refractivity contribution in [1.29, 1.82) is 0 Å². The minimum Gasteiger partial charge on any atom is -0.390 e. The first-order valence-electron chi connectivity index (χ1n) is 9.29. The average Bonchev–Trinajstić information content (AvgIpc) is 2.86. The van der Waals surface area contributed by atoms with Gasteiger partial charge in [-0.05, 0) is 17.7 Å². The predicted molar refractivity (Wildman–Crippen MR) is 108 cm³/mol. The molecule has 2 heterocycles. The van der Waals surface area contributed by atoms with Crippen LogP contribution in [0.3, 0.4) is 0 Å². The largest absolute Gasteiger partial charge is 0.390 e. The van der Waals surface area contributed by atoms with Gasteiger partial charge < -0.3 is 10.0 Å². The van der Waals surface area contributed by atoms with Crippen molar-refractivity contribution in [3.05, 3.63) is 72.4 Å². The van der Waals surface area contributed by atoms with E-state index in [1.807, 2.05) is 30.3 Å². The molecule has 1 aliphatic heterocycles. The van der Waals surface area contributed by atoms with E-state index in [9.17, 15) is 18.3 Å². The fourth-order valence-corrected chi connectivity index (χ4v) is 5.12. The zero-order valence-electron chi connectivity index (χ0n) is 15.7. The minimum absolute atomic E-state index is 0.0344. The third kappa shape index (κ3) is 4.00. The topological polar surface area (TPSA) is 90.8 Å². The number of fused-ring (bicyclic) bond motifs is 1. The zero-order valence-corrected chi connectivity index (χ0v) is 16.5. The molecule has 29 heavy (non-hydrogen) atoms. The number of aromatic nitrogens is 1. The van der Waals surface area contributed by atoms with Crippen LogP contribution < -0.4 is 0 Å². The fourth-order valence-electron chi connectivity index (χ4n) is 3.53. The molecule has 1 atom stereocenters. The number of amides is 1. The molecule has 8 heteroatoms. The number of sulfonamides is 1. The fraction of sp³-hybridized carbons (Fsp3) is 0.238. The Morgan fingerprint density at radius 3 is 2.55 bits per heavy atom. The minimum atomic E-state index is -4.01. The molecule has 0 spiro atoms. The van der Waals surface area contributed by atoms with E-state index in [-0.39, 0.29) is 30.4 Å². The third-order valence-corrected chi connectivity index (χ3v) is 6.78. The Morgan fingerprint density at radius 1 is 1.00 bits per heavy atom. The van der Waals surface area contributed by atoms with Crippen molar-refractivity contribution in [3.63, 3.8) is 0 Å². The van der Waals surface area contributed by atoms with Crippen LogP contribution in [0.25, 0.3) is 10.9 Å². The second kappa shape index (κ2) is 7.90. The third-order valence-electron chi connectivity index (χ3n) is 4.94. The first kappa shape index (κ1) is 19.5. The molecule has 1 amide bonds. The summed E-state index contributed by atoms with van der Waals surface area (Å²) < 4.78 is 27.7. The average molecular weight is 411 g/mol. The van der Waals surface area contributed by atoms with E-state index in [1.165, 1.54) is 17.2 Å². The van der Waals surface area contributed by atoms with E-state index < -0.39 is 16.1 Å². The number of hydrogen-bond donors (Lipinski definition) is 1. The Kier molecular flexibility index (Phi) is 5.31. The van der Waals surface area contributed by atoms with E-state index >= 15 is 0 Å². The number of carbonyl (C=O) groups is 1. The first-order valence-corrected chi connectivity index (χ1v) is 10.7. The van der Waals surface area contributed by atoms with E-state index in [0.717, 1.165) is 9.87 Å². The molecule has 1 N–H and O–H groups in total. The number of aliphatic hydroxyl groups excluding tert-OH is 1. The van der Waals surface area contributed by atoms with Crippen LogP contribution in [0, 0.1) is 0 Å². The van der Waals surface area contributed by atoms with Crippen LogP contribution in [0.2, 0.25) is 0 Å². The summed E-state index contributed by atoms with van der Waals surface area (Å²) in [5.41, 5.74) is 1.27. The van der Waals surface area contributed by atoms with Gasteiger partial charge in [0.2, 0.25) is 15.9 Å². The van der Waals surface area contributed by atoms with Gasteiger partial charge in [-0.25, -0.2) is 8.42 Å². The molecule has 0 radical (unpaired) electrons. The summed E-state index contributed by atoms with van der Waals surface area (Å²) >= 11 is 0. The summed E-state index contributed by atoms with van der Waals surface area (Å²) in [4.78, 5) is 18.6. The number of pyridine rings is 1. The molecule has 0 aliphatic carbocycles. The molecule has 1 aliphatic rings. The van der Waals surface area contributed by atoms with Crippen LogP contribution in [0.15, 0.2) is 71.8 Å². The van der Waals surface area contributed by atoms with Crippen molar-refractivity contribution < 1.29 is 18.3 Å². The van der Waals surface area contributed by atoms with Gasteiger partial charge >= 0.3 is 0 Å². The monoisotopic (exact) mass is 411 g/mol. The molecule has 150 valence electrons. The predicted octanol–water partition coefficient (Wildman–Crippen LogP) is 1.63. The van der Waals surface area contributed by atoms with Crippen molar-refractivity contribution in [1.82, 2.24) is 14.2 Å². The van der Waals surface area contributed by atoms with Gasteiger partial charge in [0.15, 0.2) is 0 Å². The zero-order chi connectivity index (χ0) is 20.4. The SMILES string of the molecule is O=C1CN(S(=O)(=O)c2cccc3cccnc23)CC(O)CN1Cc1ccccc1. The highest BCUT2D eigenvalue weighted by molar-refractivity contribution is 7.89. The first-order chi connectivity index (χ1) is 13.9. The molecular formula is C21H21N3O4S. The lowest BCUT2D eigenvalue weighted by molar-refractivity contribution is -0.131. The number of benzene rings is 2. The highest BCUT2D eigenvalue weighted by Crippen LogP contribution is 2.25. The molecule has 1 unspecified atom stereocenters. The summed E-state index contributed by atoms with van der Waals surface area (Å²) in [6.45, 7) is -0.0774. The Hall–Kier alpha value is -2.81. The lowest BCUT2D eigenvalue weighted by atomic mass is 10.2. The van der Waals surface area contributed by atoms with Gasteiger partial charge in [0.25, 0.3) is 0 Å². The molecule has 0 saturated carbocycles. The Labute approximate surface area is 169 Å². The van der Waals surface area contributed by atoms with E-state index in [2.05, 4.69) is 4.98 Å². The number of para-hydroxylation sites is 1. The number of carbonyl (C=O) groups excluding carboxylic acids is 1. The summed E-state index contributed by atoms with van der Waals surface area (Å²) in [5, 5.41) is 11.1. The molecule has 0 bridgehead atoms. The number of aliphatic hydroxyl groups is 1. The highest BCUT2D eigenvalue weighted by atomic mass is 32.2. The van der Waals surface area contributed by atoms with Gasteiger partial charge in [-0.15, -0.1) is 0 Å². The van der Waals surface area contributed by atoms with Crippen LogP contribution in [0.1, 0.15) is 5.56 Å². The molecule has 1 aromatic heterocycles. The van der Waals surface area contributed by atoms with Crippen LogP contribution in [0.5, 0.6) is 0 Å². The normalized spacial score (nSPS) is 18.7. The van der Waals surface area contributed by atoms with Crippen LogP contribution in [-0.4, -0.2) is 59.4 Å². The standard InChI is InChI=1S/C21H21N3O4S/c25-18-13-23(12-16-6-2-1-3-7-16)20(26)15-24(14-18)29(27,28)19-10-4-8-17-9-5-11-22-21(17)19/h1-11,18,25H,12-15H2. The van der Waals surface area contributed by atoms with E-state index in [0.29, 0.717) is 17.4 Å². The maximum Gasteiger partial charge on any atom is 0.245 e. The maximum absolute atomic E-state index is 13.3. The van der Waals surface area contributed by atoms with Crippen molar-refractivity contribution in [2.75, 3.05) is 19.6 Å². The smallest absolute Gasteiger partial charge is 0.245 e. The summed E-state index contributed by atoms with van der Waals surface area (Å²) in [6.07, 6.45) is 0.550. The lowest BCUT2D eigenvalue weighted by Gasteiger charge is -2.22. The molecule has 4 rings (SSSR count). The summed E-state index contributed by atoms with van der Waals surface area (Å²) in [7, 11) is -4.01. The van der Waals surface area contributed by atoms with Crippen LogP contribution in [0.4, 0.5) is 0 Å². The number of rotatable bonds is 4. The van der Waals surface area contributed by atoms with Gasteiger partial charge in [-0.1, -0.05) is 48.5 Å². The van der Waals surface area contributed by atoms with Crippen molar-refractivity contribution >= 4 is 26.8 Å². The van der Waals surface area contributed by atoms with E-state index in [4.69, 9.17) is 0 Å². The number of nitrogens with zero attached hydrogens (tertiary/aromatic N) is 3. The summed E-state index contributed by atoms with van der Waals surface area (Å²) in [5.74, 6) is -0.345. The summed E-state index contributed by atoms with van der Waals surface area (Å²) in [6, 6.07) is 17.8. The molecule has 1 fully saturated rings. The second-order valence-electron chi connectivity index (χ2n) is 7.04. The van der Waals surface area contributed by atoms with Crippen molar-refractivity contribution in [3.8, 4) is 0 Å². The van der Waals surface area contributed by atoms with Gasteiger partial charge in [-0.3, -0.25) is 9.78 Å². The van der Waals surface area contributed by atoms with Gasteiger partial charge in [0.1, 0.15) is 4.90 Å². The molecular weight excluding hydrogens is 390 g/mol. The van der Waals surface area contributed by atoms with Crippen molar-refractivity contribution in [2.24, 2.45) is 0 Å². The molecule has 1 saturated heterocycles. The Bertz CT molecular complexity index is 1130. The number of hydrogen-bond acceptors (Lipinski definition) is 5. The quantitative estimate of drug-likeness (QED) is 0.705. The van der Waals surface area contributed by atoms with Gasteiger partial charge in [-0.2, -0.15) is 4.31 Å². The molecule has 2 aromatic carbocycles. The molecule has 7 nitrogen and oxygen atoms in total. The van der Waals surface area contributed by atoms with Crippen LogP contribution >= 0.6 is 0 Å². The Morgan fingerprint density at radius 2 is 1.76 bits per heavy atom. The van der Waals surface area contributed by atoms with Crippen LogP contribution in [-0.2, 0) is 21.4 Å². The Balaban J connectivity index is 1.64. The van der Waals surface area contributed by atoms with Gasteiger partial charge in [0, 0.05) is 31.2 Å². The highest BCUT2D eigenvalue weighted by Gasteiger charge is 2.35. The van der Waals surface area contributed by atoms with Gasteiger partial charge in [0.05, 0.1) is 18.2 Å². The number of β-amino-alcohol motifs (C(OH)–C–C–N with tert-alkyl or cyclic N) is 1. The lowest BCUT2D eigenvalue weighted by Crippen LogP contribution is -2.39.